The molecule has 146 valence electrons. The predicted octanol–water partition coefficient (Wildman–Crippen LogP) is 1.58. The number of ether oxygens (including phenoxy) is 1. The third-order valence-corrected chi connectivity index (χ3v) is 6.57. The number of H-pyrrole nitrogens is 1. The van der Waals surface area contributed by atoms with Crippen LogP contribution in [-0.4, -0.2) is 62.2 Å². The normalized spacial score (nSPS) is 15.7. The Kier molecular flexibility index (Phi) is 5.52. The number of aryl methyl sites for hydroxylation is 2. The minimum Gasteiger partial charge on any atom is -0.465 e. The number of anilines is 1. The Morgan fingerprint density at radius 2 is 1.96 bits per heavy atom. The van der Waals surface area contributed by atoms with Crippen molar-refractivity contribution in [2.24, 2.45) is 0 Å². The number of hydrogen-bond acceptors (Lipinski definition) is 6. The van der Waals surface area contributed by atoms with Crippen LogP contribution >= 0.6 is 0 Å². The summed E-state index contributed by atoms with van der Waals surface area (Å²) in [5, 5.41) is 6.33. The molecule has 1 aromatic carbocycles. The molecule has 1 aliphatic rings. The van der Waals surface area contributed by atoms with E-state index in [4.69, 9.17) is 4.74 Å². The molecular formula is C18H24N4O4S. The maximum absolute atomic E-state index is 13.1. The van der Waals surface area contributed by atoms with Crippen LogP contribution in [0.4, 0.5) is 5.69 Å². The zero-order valence-electron chi connectivity index (χ0n) is 15.7. The van der Waals surface area contributed by atoms with Crippen molar-refractivity contribution >= 4 is 21.7 Å². The smallest absolute Gasteiger partial charge is 0.342 e. The molecule has 3 rings (SSSR count). The average Bonchev–Trinajstić information content (AvgIpc) is 3.12. The summed E-state index contributed by atoms with van der Waals surface area (Å²) in [5.74, 6) is -0.697. The molecule has 1 aromatic heterocycles. The van der Waals surface area contributed by atoms with Crippen molar-refractivity contribution < 1.29 is 17.9 Å². The Balaban J connectivity index is 1.82. The van der Waals surface area contributed by atoms with Gasteiger partial charge in [-0.25, -0.2) is 13.2 Å². The van der Waals surface area contributed by atoms with E-state index >= 15 is 0 Å². The van der Waals surface area contributed by atoms with E-state index in [1.807, 2.05) is 32.0 Å². The van der Waals surface area contributed by atoms with Crippen LogP contribution < -0.4 is 4.90 Å². The van der Waals surface area contributed by atoms with Gasteiger partial charge in [-0.05, 0) is 31.0 Å². The molecule has 0 atom stereocenters. The van der Waals surface area contributed by atoms with E-state index in [1.165, 1.54) is 11.4 Å². The monoisotopic (exact) mass is 392 g/mol. The lowest BCUT2D eigenvalue weighted by Gasteiger charge is -2.35. The minimum absolute atomic E-state index is 0.00103. The summed E-state index contributed by atoms with van der Waals surface area (Å²) in [6.45, 7) is 5.64. The van der Waals surface area contributed by atoms with Crippen molar-refractivity contribution in [3.8, 4) is 0 Å². The van der Waals surface area contributed by atoms with E-state index in [9.17, 15) is 13.2 Å². The first-order chi connectivity index (χ1) is 12.9. The molecule has 27 heavy (non-hydrogen) atoms. The fourth-order valence-electron chi connectivity index (χ4n) is 3.25. The lowest BCUT2D eigenvalue weighted by molar-refractivity contribution is 0.0595. The standard InChI is InChI=1S/C18H24N4O4S/c1-4-15-16(18(23)26-3)17(20-19-15)27(24,25)22-10-8-21(9-11-22)14-7-5-6-13(2)12-14/h5-7,12H,4,8-11H2,1-3H3,(H,19,20). The van der Waals surface area contributed by atoms with Crippen LogP contribution in [0.3, 0.4) is 0 Å². The van der Waals surface area contributed by atoms with Gasteiger partial charge in [-0.3, -0.25) is 5.10 Å². The number of aromatic nitrogens is 2. The number of rotatable bonds is 5. The average molecular weight is 392 g/mol. The van der Waals surface area contributed by atoms with Crippen molar-refractivity contribution in [2.45, 2.75) is 25.3 Å². The maximum atomic E-state index is 13.1. The van der Waals surface area contributed by atoms with Gasteiger partial charge in [0.05, 0.1) is 12.8 Å². The van der Waals surface area contributed by atoms with Gasteiger partial charge in [-0.1, -0.05) is 19.1 Å². The van der Waals surface area contributed by atoms with E-state index in [-0.39, 0.29) is 10.6 Å². The third kappa shape index (κ3) is 3.70. The first kappa shape index (κ1) is 19.4. The zero-order valence-corrected chi connectivity index (χ0v) is 16.5. The maximum Gasteiger partial charge on any atom is 0.342 e. The molecule has 0 saturated carbocycles. The van der Waals surface area contributed by atoms with E-state index in [2.05, 4.69) is 21.2 Å². The number of carbonyl (C=O) groups is 1. The first-order valence-corrected chi connectivity index (χ1v) is 10.3. The summed E-state index contributed by atoms with van der Waals surface area (Å²) in [5.41, 5.74) is 2.70. The number of nitrogens with zero attached hydrogens (tertiary/aromatic N) is 3. The Bertz CT molecular complexity index is 931. The first-order valence-electron chi connectivity index (χ1n) is 8.85. The number of sulfonamides is 1. The highest BCUT2D eigenvalue weighted by Crippen LogP contribution is 2.25. The molecule has 2 heterocycles. The molecule has 1 aliphatic heterocycles. The van der Waals surface area contributed by atoms with Crippen LogP contribution in [0, 0.1) is 6.92 Å². The summed E-state index contributed by atoms with van der Waals surface area (Å²) in [7, 11) is -2.66. The summed E-state index contributed by atoms with van der Waals surface area (Å²) >= 11 is 0. The quantitative estimate of drug-likeness (QED) is 0.776. The lowest BCUT2D eigenvalue weighted by atomic mass is 10.2. The van der Waals surface area contributed by atoms with Crippen molar-refractivity contribution in [3.05, 3.63) is 41.1 Å². The number of piperazine rings is 1. The van der Waals surface area contributed by atoms with Crippen molar-refractivity contribution in [1.82, 2.24) is 14.5 Å². The van der Waals surface area contributed by atoms with Gasteiger partial charge in [0.15, 0.2) is 0 Å². The van der Waals surface area contributed by atoms with E-state index in [1.54, 1.807) is 0 Å². The van der Waals surface area contributed by atoms with Crippen LogP contribution in [0.2, 0.25) is 0 Å². The largest absolute Gasteiger partial charge is 0.465 e. The summed E-state index contributed by atoms with van der Waals surface area (Å²) < 4.78 is 32.3. The highest BCUT2D eigenvalue weighted by molar-refractivity contribution is 7.89. The van der Waals surface area contributed by atoms with E-state index in [0.717, 1.165) is 11.3 Å². The summed E-state index contributed by atoms with van der Waals surface area (Å²) in [4.78, 5) is 14.3. The summed E-state index contributed by atoms with van der Waals surface area (Å²) in [6, 6.07) is 8.13. The highest BCUT2D eigenvalue weighted by Gasteiger charge is 2.36. The Hall–Kier alpha value is -2.39. The Morgan fingerprint density at radius 3 is 2.56 bits per heavy atom. The number of carbonyl (C=O) groups excluding carboxylic acids is 1. The molecule has 1 N–H and O–H groups in total. The van der Waals surface area contributed by atoms with Crippen LogP contribution in [0.25, 0.3) is 0 Å². The second-order valence-electron chi connectivity index (χ2n) is 6.46. The van der Waals surface area contributed by atoms with Crippen LogP contribution in [0.5, 0.6) is 0 Å². The molecule has 0 radical (unpaired) electrons. The molecule has 1 saturated heterocycles. The molecule has 9 heteroatoms. The second-order valence-corrected chi connectivity index (χ2v) is 8.31. The SMILES string of the molecule is CCc1[nH]nc(S(=O)(=O)N2CCN(c3cccc(C)c3)CC2)c1C(=O)OC. The molecule has 0 aliphatic carbocycles. The topological polar surface area (TPSA) is 95.6 Å². The molecule has 0 bridgehead atoms. The number of esters is 1. The number of benzene rings is 1. The Labute approximate surface area is 159 Å². The number of methoxy groups -OCH3 is 1. The molecule has 0 amide bonds. The number of nitrogens with one attached hydrogen (secondary N) is 1. The molecule has 8 nitrogen and oxygen atoms in total. The van der Waals surface area contributed by atoms with Gasteiger partial charge in [0.1, 0.15) is 5.56 Å². The number of hydrogen-bond donors (Lipinski definition) is 1. The molecule has 0 spiro atoms. The van der Waals surface area contributed by atoms with E-state index in [0.29, 0.717) is 38.3 Å². The van der Waals surface area contributed by atoms with Gasteiger partial charge >= 0.3 is 5.97 Å². The molecular weight excluding hydrogens is 368 g/mol. The lowest BCUT2D eigenvalue weighted by Crippen LogP contribution is -2.49. The Morgan fingerprint density at radius 1 is 1.26 bits per heavy atom. The highest BCUT2D eigenvalue weighted by atomic mass is 32.2. The predicted molar refractivity (Wildman–Crippen MR) is 101 cm³/mol. The van der Waals surface area contributed by atoms with Crippen molar-refractivity contribution in [2.75, 3.05) is 38.2 Å². The minimum atomic E-state index is -3.89. The molecule has 1 fully saturated rings. The van der Waals surface area contributed by atoms with Gasteiger partial charge < -0.3 is 9.64 Å². The van der Waals surface area contributed by atoms with Crippen molar-refractivity contribution in [3.63, 3.8) is 0 Å². The van der Waals surface area contributed by atoms with Gasteiger partial charge in [0.25, 0.3) is 10.0 Å². The van der Waals surface area contributed by atoms with Gasteiger partial charge in [0, 0.05) is 31.9 Å². The van der Waals surface area contributed by atoms with Crippen LogP contribution in [-0.2, 0) is 21.2 Å². The molecule has 2 aromatic rings. The van der Waals surface area contributed by atoms with Crippen molar-refractivity contribution in [1.29, 1.82) is 0 Å². The van der Waals surface area contributed by atoms with Crippen LogP contribution in [0.1, 0.15) is 28.5 Å². The summed E-state index contributed by atoms with van der Waals surface area (Å²) in [6.07, 6.45) is 0.452. The van der Waals surface area contributed by atoms with Gasteiger partial charge in [-0.15, -0.1) is 0 Å². The van der Waals surface area contributed by atoms with Crippen LogP contribution in [0.15, 0.2) is 29.3 Å². The molecule has 0 unspecified atom stereocenters. The fraction of sp³-hybridized carbons (Fsp3) is 0.444. The fourth-order valence-corrected chi connectivity index (χ4v) is 4.76. The number of aromatic amines is 1. The van der Waals surface area contributed by atoms with Gasteiger partial charge in [-0.2, -0.15) is 9.40 Å². The van der Waals surface area contributed by atoms with E-state index < -0.39 is 16.0 Å². The third-order valence-electron chi connectivity index (χ3n) is 4.74. The van der Waals surface area contributed by atoms with Gasteiger partial charge in [0.2, 0.25) is 5.03 Å². The second kappa shape index (κ2) is 7.69. The zero-order chi connectivity index (χ0) is 19.6.